The minimum absolute atomic E-state index is 0.0450. The number of H-pyrrole nitrogens is 1. The Balaban J connectivity index is 1.43. The van der Waals surface area contributed by atoms with E-state index >= 15 is 0 Å². The highest BCUT2D eigenvalue weighted by molar-refractivity contribution is 8.00. The van der Waals surface area contributed by atoms with E-state index in [0.29, 0.717) is 6.42 Å². The number of hydrogen-bond donors (Lipinski definition) is 1. The van der Waals surface area contributed by atoms with E-state index in [9.17, 15) is 27.6 Å². The minimum atomic E-state index is -4.67. The first-order valence-electron chi connectivity index (χ1n) is 10.5. The zero-order valence-electron chi connectivity index (χ0n) is 17.1. The van der Waals surface area contributed by atoms with Gasteiger partial charge < -0.3 is 4.98 Å². The number of amides is 2. The minimum Gasteiger partial charge on any atom is -0.307 e. The number of halogens is 3. The van der Waals surface area contributed by atoms with Gasteiger partial charge >= 0.3 is 11.0 Å². The summed E-state index contributed by atoms with van der Waals surface area (Å²) < 4.78 is 40.9. The number of para-hydroxylation sites is 1. The summed E-state index contributed by atoms with van der Waals surface area (Å²) in [6.07, 6.45) is -3.95. The molecule has 1 aromatic carbocycles. The Morgan fingerprint density at radius 3 is 2.41 bits per heavy atom. The van der Waals surface area contributed by atoms with Crippen molar-refractivity contribution in [2.45, 2.75) is 42.1 Å². The lowest BCUT2D eigenvalue weighted by atomic mass is 9.64. The Kier molecular flexibility index (Phi) is 4.03. The van der Waals surface area contributed by atoms with Gasteiger partial charge in [-0.05, 0) is 36.3 Å². The van der Waals surface area contributed by atoms with Gasteiger partial charge in [-0.3, -0.25) is 14.4 Å². The van der Waals surface area contributed by atoms with E-state index in [2.05, 4.69) is 18.8 Å². The maximum Gasteiger partial charge on any atom is 0.418 e. The van der Waals surface area contributed by atoms with Crippen molar-refractivity contribution in [2.75, 3.05) is 4.90 Å². The van der Waals surface area contributed by atoms with Crippen molar-refractivity contribution in [3.63, 3.8) is 0 Å². The van der Waals surface area contributed by atoms with Crippen LogP contribution in [0.15, 0.2) is 34.1 Å². The lowest BCUT2D eigenvalue weighted by Crippen LogP contribution is -2.48. The zero-order chi connectivity index (χ0) is 22.7. The normalized spacial score (nSPS) is 34.6. The highest BCUT2D eigenvalue weighted by atomic mass is 32.2. The van der Waals surface area contributed by atoms with Gasteiger partial charge in [-0.1, -0.05) is 37.3 Å². The van der Waals surface area contributed by atoms with Crippen molar-refractivity contribution in [2.24, 2.45) is 29.6 Å². The fraction of sp³-hybridized carbons (Fsp3) is 0.500. The number of alkyl halides is 3. The van der Waals surface area contributed by atoms with Crippen LogP contribution < -0.4 is 9.77 Å². The molecule has 6 atom stereocenters. The van der Waals surface area contributed by atoms with Crippen molar-refractivity contribution in [3.8, 4) is 0 Å². The summed E-state index contributed by atoms with van der Waals surface area (Å²) in [4.78, 5) is 43.4. The van der Waals surface area contributed by atoms with Gasteiger partial charge in [-0.25, -0.2) is 4.90 Å². The first-order valence-corrected chi connectivity index (χ1v) is 12.2. The van der Waals surface area contributed by atoms with Gasteiger partial charge in [0.2, 0.25) is 11.8 Å². The average Bonchev–Trinajstić information content (AvgIpc) is 3.43. The lowest BCUT2D eigenvalue weighted by Gasteiger charge is -2.47. The number of thioether (sulfide) groups is 1. The summed E-state index contributed by atoms with van der Waals surface area (Å²) in [7, 11) is 0. The third-order valence-electron chi connectivity index (χ3n) is 7.84. The molecule has 32 heavy (non-hydrogen) atoms. The second-order valence-corrected chi connectivity index (χ2v) is 11.8. The van der Waals surface area contributed by atoms with Gasteiger partial charge in [0.05, 0.1) is 28.1 Å². The number of nitrogens with one attached hydrogen (secondary N) is 1. The quantitative estimate of drug-likeness (QED) is 0.619. The molecule has 4 aliphatic rings. The Morgan fingerprint density at radius 1 is 1.06 bits per heavy atom. The summed E-state index contributed by atoms with van der Waals surface area (Å²) in [5.74, 6) is -2.37. The topological polar surface area (TPSA) is 70.2 Å². The van der Waals surface area contributed by atoms with Gasteiger partial charge in [0.1, 0.15) is 0 Å². The summed E-state index contributed by atoms with van der Waals surface area (Å²) in [5.41, 5.74) is -1.71. The van der Waals surface area contributed by atoms with Crippen LogP contribution in [0.25, 0.3) is 0 Å². The fourth-order valence-electron chi connectivity index (χ4n) is 6.80. The number of fused-ring (bicyclic) bond motifs is 9. The molecule has 0 radical (unpaired) electrons. The number of imide groups is 1. The number of hydrogen-bond acceptors (Lipinski definition) is 5. The van der Waals surface area contributed by atoms with E-state index in [1.54, 1.807) is 11.8 Å². The second kappa shape index (κ2) is 6.28. The molecular weight excluding hydrogens is 461 g/mol. The first-order chi connectivity index (χ1) is 15.0. The summed E-state index contributed by atoms with van der Waals surface area (Å²) in [6.45, 7) is 4.14. The third-order valence-corrected chi connectivity index (χ3v) is 10.6. The smallest absolute Gasteiger partial charge is 0.307 e. The maximum atomic E-state index is 13.6. The number of aromatic nitrogens is 1. The molecule has 4 unspecified atom stereocenters. The maximum absolute atomic E-state index is 13.6. The number of carbonyl (C=O) groups is 2. The van der Waals surface area contributed by atoms with Gasteiger partial charge in [0.25, 0.3) is 0 Å². The van der Waals surface area contributed by atoms with E-state index in [1.165, 1.54) is 29.5 Å². The van der Waals surface area contributed by atoms with Gasteiger partial charge in [0.15, 0.2) is 0 Å². The summed E-state index contributed by atoms with van der Waals surface area (Å²) in [5, 5.41) is 0.870. The van der Waals surface area contributed by atoms with Crippen molar-refractivity contribution >= 4 is 40.6 Å². The Hall–Kier alpha value is -2.07. The molecule has 2 aliphatic heterocycles. The lowest BCUT2D eigenvalue weighted by molar-refractivity contribution is -0.137. The van der Waals surface area contributed by atoms with Crippen LogP contribution >= 0.6 is 23.1 Å². The zero-order valence-corrected chi connectivity index (χ0v) is 18.7. The predicted octanol–water partition coefficient (Wildman–Crippen LogP) is 4.28. The largest absolute Gasteiger partial charge is 0.418 e. The van der Waals surface area contributed by atoms with Crippen LogP contribution in [0.3, 0.4) is 0 Å². The van der Waals surface area contributed by atoms with Crippen LogP contribution in [0.1, 0.15) is 30.7 Å². The monoisotopic (exact) mass is 480 g/mol. The van der Waals surface area contributed by atoms with Crippen molar-refractivity contribution < 1.29 is 22.8 Å². The molecule has 168 valence electrons. The van der Waals surface area contributed by atoms with E-state index in [1.807, 2.05) is 0 Å². The molecule has 1 N–H and O–H groups in total. The molecule has 2 aromatic rings. The van der Waals surface area contributed by atoms with E-state index in [4.69, 9.17) is 0 Å². The first kappa shape index (κ1) is 20.5. The Bertz CT molecular complexity index is 1230. The van der Waals surface area contributed by atoms with Crippen LogP contribution in [0, 0.1) is 29.6 Å². The predicted molar refractivity (Wildman–Crippen MR) is 114 cm³/mol. The van der Waals surface area contributed by atoms with Crippen molar-refractivity contribution in [1.29, 1.82) is 0 Å². The number of nitrogens with zero attached hydrogens (tertiary/aromatic N) is 1. The molecule has 10 heteroatoms. The molecule has 1 saturated heterocycles. The second-order valence-electron chi connectivity index (χ2n) is 9.64. The average molecular weight is 481 g/mol. The number of anilines is 1. The molecule has 5 nitrogen and oxygen atoms in total. The molecule has 3 fully saturated rings. The van der Waals surface area contributed by atoms with Gasteiger partial charge in [0, 0.05) is 15.5 Å². The van der Waals surface area contributed by atoms with E-state index in [-0.39, 0.29) is 39.0 Å². The van der Waals surface area contributed by atoms with Gasteiger partial charge in [-0.15, -0.1) is 11.8 Å². The third kappa shape index (κ3) is 2.45. The van der Waals surface area contributed by atoms with Crippen molar-refractivity contribution in [1.82, 2.24) is 4.98 Å². The van der Waals surface area contributed by atoms with E-state index < -0.39 is 35.4 Å². The van der Waals surface area contributed by atoms with Crippen LogP contribution in [0.5, 0.6) is 0 Å². The van der Waals surface area contributed by atoms with Crippen LogP contribution in [-0.4, -0.2) is 22.0 Å². The van der Waals surface area contributed by atoms with Gasteiger partial charge in [-0.2, -0.15) is 13.2 Å². The molecule has 2 saturated carbocycles. The summed E-state index contributed by atoms with van der Waals surface area (Å²) >= 11 is 2.75. The molecule has 6 rings (SSSR count). The van der Waals surface area contributed by atoms with E-state index in [0.717, 1.165) is 20.9 Å². The molecule has 0 spiro atoms. The standard InChI is InChI=1S/C22H19F3N2O3S2/c1-21(2)14-8-7-9(15(14)31-17-16(21)32-20(30)26-17)13-12(8)18(28)27(19(13)29)11-6-4-3-5-10(11)22(23,24)25/h3-6,8-9,12-15H,7H2,1-2H3,(H,26,30)/t8-,9+,12?,13?,14?,15?/m0/s1. The van der Waals surface area contributed by atoms with Crippen LogP contribution in [0.4, 0.5) is 18.9 Å². The molecule has 2 aliphatic carbocycles. The fourth-order valence-corrected chi connectivity index (χ4v) is 9.95. The van der Waals surface area contributed by atoms with Crippen LogP contribution in [0.2, 0.25) is 0 Å². The number of benzene rings is 1. The Morgan fingerprint density at radius 2 is 1.72 bits per heavy atom. The molecular formula is C22H19F3N2O3S2. The number of carbonyl (C=O) groups excluding carboxylic acids is 2. The molecule has 1 aromatic heterocycles. The SMILES string of the molecule is CC1(C)c2sc(=O)[nH]c2SC2C1[C@H]1C[C@@H]2C2C(=O)N(c3ccccc3C(F)(F)F)C(=O)C21. The molecule has 2 amide bonds. The number of thiazole rings is 1. The molecule has 3 heterocycles. The molecule has 2 bridgehead atoms. The van der Waals surface area contributed by atoms with Crippen molar-refractivity contribution in [3.05, 3.63) is 44.4 Å². The highest BCUT2D eigenvalue weighted by Gasteiger charge is 2.71. The van der Waals surface area contributed by atoms with Crippen LogP contribution in [-0.2, 0) is 21.2 Å². The number of aromatic amines is 1. The number of rotatable bonds is 1. The summed E-state index contributed by atoms with van der Waals surface area (Å²) in [6, 6.07) is 4.79. The Labute approximate surface area is 189 Å². The highest BCUT2D eigenvalue weighted by Crippen LogP contribution is 2.69.